The molecule has 2 heterocycles. The number of aromatic hydroxyl groups is 1. The maximum Gasteiger partial charge on any atom is 0.352 e. The molecule has 2 aliphatic carbocycles. The van der Waals surface area contributed by atoms with Crippen LogP contribution in [0.2, 0.25) is 0 Å². The molecule has 4 atom stereocenters. The lowest BCUT2D eigenvalue weighted by atomic mass is 9.59. The number of ether oxygens (including phenoxy) is 1. The SMILES string of the molecule is CCOc1cccc([C@H]2C3=CCn4c(=O)n(-c5ccccc5)c(=O)n4[C@@H]3C[C@@]3(Cl)C(=O)C(Cl)=C(Cl)C(=O)[C@@]23Cl)c1O. The fraction of sp³-hybridized carbons (Fsp3) is 0.286. The van der Waals surface area contributed by atoms with Gasteiger partial charge in [0, 0.05) is 17.9 Å². The first-order valence-electron chi connectivity index (χ1n) is 12.7. The van der Waals surface area contributed by atoms with Crippen molar-refractivity contribution in [2.75, 3.05) is 6.61 Å². The number of allylic oxidation sites excluding steroid dienone is 4. The molecular formula is C28H21Cl4N3O6. The Morgan fingerprint density at radius 1 is 0.951 bits per heavy atom. The average molecular weight is 637 g/mol. The van der Waals surface area contributed by atoms with E-state index in [2.05, 4.69) is 0 Å². The molecule has 1 aliphatic heterocycles. The predicted octanol–water partition coefficient (Wildman–Crippen LogP) is 4.37. The Kier molecular flexibility index (Phi) is 6.57. The minimum atomic E-state index is -2.25. The van der Waals surface area contributed by atoms with Crippen molar-refractivity contribution in [3.8, 4) is 17.2 Å². The van der Waals surface area contributed by atoms with E-state index in [4.69, 9.17) is 51.1 Å². The molecule has 2 aromatic carbocycles. The molecule has 41 heavy (non-hydrogen) atoms. The lowest BCUT2D eigenvalue weighted by Crippen LogP contribution is -2.67. The molecule has 0 spiro atoms. The summed E-state index contributed by atoms with van der Waals surface area (Å²) >= 11 is 26.8. The summed E-state index contributed by atoms with van der Waals surface area (Å²) in [6.45, 7) is 1.91. The van der Waals surface area contributed by atoms with Gasteiger partial charge in [-0.25, -0.2) is 23.5 Å². The van der Waals surface area contributed by atoms with E-state index in [0.29, 0.717) is 11.3 Å². The number of Topliss-reactive ketones (excluding diaryl/α,β-unsaturated/α-hetero) is 2. The molecule has 0 unspecified atom stereocenters. The van der Waals surface area contributed by atoms with Gasteiger partial charge >= 0.3 is 11.4 Å². The van der Waals surface area contributed by atoms with Crippen LogP contribution in [0.25, 0.3) is 5.69 Å². The standard InChI is InChI=1S/C28H21Cl4N3O6/c1-2-41-18-10-6-9-16(22(18)36)19-15-11-12-33-25(39)34(14-7-4-3-5-8-14)26(40)35(33)17(15)13-27(31)23(37)20(29)21(30)24(38)28(19,27)32/h3-11,17,19,36H,2,12-13H2,1H3/t17-,19-,27-,28+/m1/s1. The fourth-order valence-electron chi connectivity index (χ4n) is 6.16. The van der Waals surface area contributed by atoms with E-state index in [1.165, 1.54) is 21.5 Å². The molecule has 1 saturated carbocycles. The van der Waals surface area contributed by atoms with E-state index >= 15 is 0 Å². The van der Waals surface area contributed by atoms with Gasteiger partial charge in [0.05, 0.1) is 24.9 Å². The Labute approximate surface area is 252 Å². The van der Waals surface area contributed by atoms with Gasteiger partial charge in [-0.05, 0) is 30.7 Å². The topological polar surface area (TPSA) is 113 Å². The molecule has 0 radical (unpaired) electrons. The Morgan fingerprint density at radius 2 is 1.63 bits per heavy atom. The lowest BCUT2D eigenvalue weighted by Gasteiger charge is -2.54. The van der Waals surface area contributed by atoms with Crippen LogP contribution in [0.3, 0.4) is 0 Å². The van der Waals surface area contributed by atoms with E-state index in [9.17, 15) is 24.3 Å². The number of benzene rings is 2. The molecule has 0 amide bonds. The summed E-state index contributed by atoms with van der Waals surface area (Å²) in [5.41, 5.74) is -0.410. The molecule has 1 fully saturated rings. The highest BCUT2D eigenvalue weighted by atomic mass is 35.5. The zero-order valence-corrected chi connectivity index (χ0v) is 24.3. The van der Waals surface area contributed by atoms with Gasteiger partial charge in [0.25, 0.3) is 0 Å². The Morgan fingerprint density at radius 3 is 2.32 bits per heavy atom. The number of halogens is 4. The highest BCUT2D eigenvalue weighted by molar-refractivity contribution is 6.66. The molecule has 212 valence electrons. The predicted molar refractivity (Wildman–Crippen MR) is 154 cm³/mol. The van der Waals surface area contributed by atoms with Crippen LogP contribution in [-0.4, -0.2) is 47.0 Å². The van der Waals surface area contributed by atoms with Crippen molar-refractivity contribution in [3.05, 3.63) is 96.8 Å². The molecule has 0 saturated heterocycles. The first-order valence-corrected chi connectivity index (χ1v) is 14.2. The minimum Gasteiger partial charge on any atom is -0.504 e. The second-order valence-electron chi connectivity index (χ2n) is 9.95. The molecule has 6 rings (SSSR count). The van der Waals surface area contributed by atoms with Crippen molar-refractivity contribution in [2.45, 2.75) is 41.6 Å². The summed E-state index contributed by atoms with van der Waals surface area (Å²) in [7, 11) is 0. The summed E-state index contributed by atoms with van der Waals surface area (Å²) in [5, 5.41) is 10.2. The van der Waals surface area contributed by atoms with Crippen molar-refractivity contribution in [1.82, 2.24) is 13.9 Å². The van der Waals surface area contributed by atoms with Crippen LogP contribution in [0, 0.1) is 0 Å². The summed E-state index contributed by atoms with van der Waals surface area (Å²) in [6, 6.07) is 12.0. The third kappa shape index (κ3) is 3.62. The summed E-state index contributed by atoms with van der Waals surface area (Å²) in [6.07, 6.45) is 1.29. The van der Waals surface area contributed by atoms with Gasteiger partial charge in [0.2, 0.25) is 0 Å². The van der Waals surface area contributed by atoms with Gasteiger partial charge in [-0.15, -0.1) is 23.2 Å². The van der Waals surface area contributed by atoms with Crippen LogP contribution >= 0.6 is 46.4 Å². The first-order chi connectivity index (χ1) is 19.5. The third-order valence-corrected chi connectivity index (χ3v) is 10.2. The fourth-order valence-corrected chi connectivity index (χ4v) is 7.67. The van der Waals surface area contributed by atoms with Gasteiger partial charge in [0.1, 0.15) is 19.8 Å². The minimum absolute atomic E-state index is 0.0587. The van der Waals surface area contributed by atoms with Crippen LogP contribution in [0.4, 0.5) is 0 Å². The number of carbonyl (C=O) groups is 2. The molecule has 1 aromatic heterocycles. The first kappa shape index (κ1) is 27.9. The van der Waals surface area contributed by atoms with Gasteiger partial charge in [0.15, 0.2) is 23.1 Å². The molecule has 3 aliphatic rings. The lowest BCUT2D eigenvalue weighted by molar-refractivity contribution is -0.128. The maximum absolute atomic E-state index is 13.9. The number of aromatic nitrogens is 3. The van der Waals surface area contributed by atoms with Gasteiger partial charge in [-0.2, -0.15) is 0 Å². The zero-order valence-electron chi connectivity index (χ0n) is 21.3. The van der Waals surface area contributed by atoms with Crippen LogP contribution in [0.15, 0.2) is 79.8 Å². The largest absolute Gasteiger partial charge is 0.504 e. The van der Waals surface area contributed by atoms with E-state index in [0.717, 1.165) is 4.57 Å². The number of phenols is 1. The molecule has 9 nitrogen and oxygen atoms in total. The number of hydrogen-bond acceptors (Lipinski definition) is 6. The Balaban J connectivity index is 1.65. The zero-order chi connectivity index (χ0) is 29.4. The maximum atomic E-state index is 13.9. The quantitative estimate of drug-likeness (QED) is 0.336. The van der Waals surface area contributed by atoms with Crippen molar-refractivity contribution in [1.29, 1.82) is 0 Å². The number of carbonyl (C=O) groups excluding carboxylic acids is 2. The molecule has 13 heteroatoms. The number of rotatable bonds is 4. The third-order valence-electron chi connectivity index (χ3n) is 7.96. The number of hydrogen-bond donors (Lipinski definition) is 1. The van der Waals surface area contributed by atoms with Crippen LogP contribution < -0.4 is 16.1 Å². The highest BCUT2D eigenvalue weighted by Crippen LogP contribution is 2.64. The number of ketones is 2. The van der Waals surface area contributed by atoms with Gasteiger partial charge in [-0.1, -0.05) is 59.6 Å². The molecule has 1 N–H and O–H groups in total. The number of phenolic OH excluding ortho intramolecular Hbond substituents is 1. The normalized spacial score (nSPS) is 27.2. The van der Waals surface area contributed by atoms with Gasteiger partial charge in [-0.3, -0.25) is 9.59 Å². The van der Waals surface area contributed by atoms with E-state index < -0.39 is 54.7 Å². The summed E-state index contributed by atoms with van der Waals surface area (Å²) in [5.74, 6) is -3.29. The smallest absolute Gasteiger partial charge is 0.352 e. The van der Waals surface area contributed by atoms with Crippen molar-refractivity contribution >= 4 is 58.0 Å². The van der Waals surface area contributed by atoms with Crippen LogP contribution in [0.1, 0.15) is 30.9 Å². The van der Waals surface area contributed by atoms with Crippen LogP contribution in [0.5, 0.6) is 11.5 Å². The second-order valence-corrected chi connectivity index (χ2v) is 11.9. The van der Waals surface area contributed by atoms with Crippen LogP contribution in [-0.2, 0) is 16.1 Å². The number of fused-ring (bicyclic) bond motifs is 4. The Bertz CT molecular complexity index is 1820. The van der Waals surface area contributed by atoms with Gasteiger partial charge < -0.3 is 9.84 Å². The highest BCUT2D eigenvalue weighted by Gasteiger charge is 2.71. The second kappa shape index (κ2) is 9.66. The number of para-hydroxylation sites is 2. The van der Waals surface area contributed by atoms with Crippen molar-refractivity contribution < 1.29 is 19.4 Å². The van der Waals surface area contributed by atoms with E-state index in [1.54, 1.807) is 49.4 Å². The summed E-state index contributed by atoms with van der Waals surface area (Å²) in [4.78, 5) is 50.5. The molecule has 3 aromatic rings. The van der Waals surface area contributed by atoms with E-state index in [-0.39, 0.29) is 36.6 Å². The molecular weight excluding hydrogens is 616 g/mol. The molecule has 0 bridgehead atoms. The van der Waals surface area contributed by atoms with Crippen molar-refractivity contribution in [2.24, 2.45) is 0 Å². The summed E-state index contributed by atoms with van der Waals surface area (Å²) < 4.78 is 9.03. The van der Waals surface area contributed by atoms with Crippen molar-refractivity contribution in [3.63, 3.8) is 0 Å². The Hall–Kier alpha value is -3.24. The van der Waals surface area contributed by atoms with E-state index in [1.807, 2.05) is 0 Å². The number of nitrogens with zero attached hydrogens (tertiary/aromatic N) is 3. The average Bonchev–Trinajstić information content (AvgIpc) is 3.23. The monoisotopic (exact) mass is 635 g/mol. The number of alkyl halides is 2.